The molecule has 0 bridgehead atoms. The quantitative estimate of drug-likeness (QED) is 0.233. The molecule has 2 aliphatic carbocycles. The van der Waals surface area contributed by atoms with E-state index < -0.39 is 63.6 Å². The molecule has 3 heterocycles. The molecule has 0 radical (unpaired) electrons. The number of anilines is 2. The number of furan rings is 1. The van der Waals surface area contributed by atoms with Crippen molar-refractivity contribution in [2.75, 3.05) is 9.80 Å². The molecule has 226 valence electrons. The zero-order chi connectivity index (χ0) is 31.1. The van der Waals surface area contributed by atoms with Crippen LogP contribution in [0, 0.1) is 23.6 Å². The molecule has 6 atom stereocenters. The second-order valence-corrected chi connectivity index (χ2v) is 13.0. The third kappa shape index (κ3) is 3.79. The summed E-state index contributed by atoms with van der Waals surface area (Å²) < 4.78 is 19.7. The van der Waals surface area contributed by atoms with Crippen molar-refractivity contribution in [1.29, 1.82) is 0 Å². The number of halogens is 3. The molecular weight excluding hydrogens is 610 g/mol. The molecule has 0 unspecified atom stereocenters. The monoisotopic (exact) mass is 636 g/mol. The predicted octanol–water partition coefficient (Wildman–Crippen LogP) is 5.24. The van der Waals surface area contributed by atoms with Crippen molar-refractivity contribution in [3.8, 4) is 0 Å². The molecule has 44 heavy (non-hydrogen) atoms. The lowest BCUT2D eigenvalue weighted by Crippen LogP contribution is -2.60. The summed E-state index contributed by atoms with van der Waals surface area (Å²) in [5.41, 5.74) is 2.18. The summed E-state index contributed by atoms with van der Waals surface area (Å²) in [6, 6.07) is 15.2. The van der Waals surface area contributed by atoms with Crippen molar-refractivity contribution in [3.05, 3.63) is 95.2 Å². The highest BCUT2D eigenvalue weighted by atomic mass is 35.5. The van der Waals surface area contributed by atoms with Gasteiger partial charge in [0.05, 0.1) is 29.1 Å². The standard InChI is InChI=1S/C33H27Cl2FN2O6/c1-2-17-3-7-19(8-4-17)37-28(40)23-13-12-22-24(26(23)29(37)41)15-32(34)30(42)38(20-9-5-18(36)6-10-20)31(43)33(32,35)27(22)25-14-11-21(16-39)44-25/h3-12,14,23-24,26-27,39H,2,13,15-16H2,1H3/t23-,24+,26-,27+,32+,33-/m0/s1. The molecule has 2 aliphatic heterocycles. The highest BCUT2D eigenvalue weighted by Crippen LogP contribution is 2.66. The van der Waals surface area contributed by atoms with Gasteiger partial charge in [0.2, 0.25) is 11.8 Å². The van der Waals surface area contributed by atoms with Crippen LogP contribution >= 0.6 is 23.2 Å². The Labute approximate surface area is 262 Å². The van der Waals surface area contributed by atoms with Gasteiger partial charge in [0.15, 0.2) is 9.75 Å². The van der Waals surface area contributed by atoms with Gasteiger partial charge in [0, 0.05) is 0 Å². The third-order valence-electron chi connectivity index (χ3n) is 9.62. The summed E-state index contributed by atoms with van der Waals surface area (Å²) in [5.74, 6) is -5.94. The van der Waals surface area contributed by atoms with Crippen LogP contribution in [-0.2, 0) is 32.2 Å². The number of nitrogens with zero attached hydrogens (tertiary/aromatic N) is 2. The molecule has 2 aromatic carbocycles. The highest BCUT2D eigenvalue weighted by Gasteiger charge is 2.77. The van der Waals surface area contributed by atoms with Crippen molar-refractivity contribution >= 4 is 58.2 Å². The number of rotatable bonds is 5. The molecule has 7 rings (SSSR count). The Morgan fingerprint density at radius 2 is 1.55 bits per heavy atom. The van der Waals surface area contributed by atoms with Crippen LogP contribution < -0.4 is 9.80 Å². The molecule has 1 aromatic heterocycles. The van der Waals surface area contributed by atoms with Gasteiger partial charge in [-0.05, 0) is 79.3 Å². The van der Waals surface area contributed by atoms with Gasteiger partial charge in [-0.3, -0.25) is 24.1 Å². The number of amides is 4. The number of allylic oxidation sites excluding steroid dienone is 2. The Morgan fingerprint density at radius 1 is 0.886 bits per heavy atom. The van der Waals surface area contributed by atoms with Crippen LogP contribution in [0.25, 0.3) is 0 Å². The van der Waals surface area contributed by atoms with E-state index in [0.717, 1.165) is 29.0 Å². The SMILES string of the molecule is CCc1ccc(N2C(=O)[C@H]3[C@H](CC=C4[C@H]3C[C@@]3(Cl)C(=O)N(c5ccc(F)cc5)C(=O)[C@@]3(Cl)[C@H]4c3ccc(CO)o3)C2=O)cc1. The normalized spacial score (nSPS) is 31.2. The molecule has 11 heteroatoms. The van der Waals surface area contributed by atoms with Gasteiger partial charge in [-0.25, -0.2) is 9.29 Å². The minimum atomic E-state index is -2.10. The van der Waals surface area contributed by atoms with Gasteiger partial charge in [-0.2, -0.15) is 0 Å². The van der Waals surface area contributed by atoms with Crippen LogP contribution in [0.15, 0.2) is 76.7 Å². The van der Waals surface area contributed by atoms with Gasteiger partial charge in [0.1, 0.15) is 23.9 Å². The molecule has 8 nitrogen and oxygen atoms in total. The first-order valence-electron chi connectivity index (χ1n) is 14.4. The van der Waals surface area contributed by atoms with E-state index in [4.69, 9.17) is 27.6 Å². The van der Waals surface area contributed by atoms with E-state index in [0.29, 0.717) is 11.3 Å². The summed E-state index contributed by atoms with van der Waals surface area (Å²) in [6.07, 6.45) is 2.62. The van der Waals surface area contributed by atoms with Crippen molar-refractivity contribution in [1.82, 2.24) is 0 Å². The number of fused-ring (bicyclic) bond motifs is 4. The fourth-order valence-electron chi connectivity index (χ4n) is 7.48. The Morgan fingerprint density at radius 3 is 2.18 bits per heavy atom. The molecule has 1 saturated carbocycles. The summed E-state index contributed by atoms with van der Waals surface area (Å²) in [4.78, 5) is 54.3. The van der Waals surface area contributed by atoms with Crippen LogP contribution in [0.5, 0.6) is 0 Å². The second-order valence-electron chi connectivity index (χ2n) is 11.7. The summed E-state index contributed by atoms with van der Waals surface area (Å²) in [7, 11) is 0. The van der Waals surface area contributed by atoms with Crippen LogP contribution in [0.2, 0.25) is 0 Å². The molecule has 3 aromatic rings. The lowest BCUT2D eigenvalue weighted by Gasteiger charge is -2.49. The zero-order valence-electron chi connectivity index (χ0n) is 23.5. The molecule has 1 N–H and O–H groups in total. The number of hydrogen-bond acceptors (Lipinski definition) is 6. The van der Waals surface area contributed by atoms with Gasteiger partial charge in [0.25, 0.3) is 11.8 Å². The second kappa shape index (κ2) is 10.1. The maximum Gasteiger partial charge on any atom is 0.258 e. The average molecular weight is 637 g/mol. The van der Waals surface area contributed by atoms with Crippen molar-refractivity contribution < 1.29 is 33.1 Å². The topological polar surface area (TPSA) is 108 Å². The first-order valence-corrected chi connectivity index (χ1v) is 15.2. The Hall–Kier alpha value is -3.79. The van der Waals surface area contributed by atoms with Gasteiger partial charge in [-0.15, -0.1) is 23.2 Å². The summed E-state index contributed by atoms with van der Waals surface area (Å²) >= 11 is 14.6. The minimum absolute atomic E-state index is 0.0914. The minimum Gasteiger partial charge on any atom is -0.463 e. The Balaban J connectivity index is 1.36. The van der Waals surface area contributed by atoms with Gasteiger partial charge < -0.3 is 9.52 Å². The van der Waals surface area contributed by atoms with Crippen molar-refractivity contribution in [2.24, 2.45) is 17.8 Å². The number of imide groups is 2. The highest BCUT2D eigenvalue weighted by molar-refractivity contribution is 6.58. The maximum atomic E-state index is 14.3. The first-order chi connectivity index (χ1) is 21.0. The van der Waals surface area contributed by atoms with Gasteiger partial charge >= 0.3 is 0 Å². The first kappa shape index (κ1) is 29.0. The number of aliphatic hydroxyl groups excluding tert-OH is 1. The van der Waals surface area contributed by atoms with E-state index in [-0.39, 0.29) is 36.0 Å². The Bertz CT molecular complexity index is 1750. The van der Waals surface area contributed by atoms with Crippen LogP contribution in [-0.4, -0.2) is 38.5 Å². The average Bonchev–Trinajstić information content (AvgIpc) is 3.64. The number of benzene rings is 2. The van der Waals surface area contributed by atoms with E-state index in [1.54, 1.807) is 18.2 Å². The Kier molecular flexibility index (Phi) is 6.66. The molecule has 4 amide bonds. The number of hydrogen-bond donors (Lipinski definition) is 1. The number of carbonyl (C=O) groups excluding carboxylic acids is 4. The largest absolute Gasteiger partial charge is 0.463 e. The molecular formula is C33H27Cl2FN2O6. The fraction of sp³-hybridized carbons (Fsp3) is 0.333. The predicted molar refractivity (Wildman–Crippen MR) is 160 cm³/mol. The van der Waals surface area contributed by atoms with E-state index in [2.05, 4.69) is 0 Å². The maximum absolute atomic E-state index is 14.3. The van der Waals surface area contributed by atoms with Crippen LogP contribution in [0.4, 0.5) is 15.8 Å². The van der Waals surface area contributed by atoms with E-state index in [1.807, 2.05) is 25.1 Å². The summed E-state index contributed by atoms with van der Waals surface area (Å²) in [6.45, 7) is 1.59. The fourth-order valence-corrected chi connectivity index (χ4v) is 8.40. The van der Waals surface area contributed by atoms with Gasteiger partial charge in [-0.1, -0.05) is 30.7 Å². The zero-order valence-corrected chi connectivity index (χ0v) is 25.0. The third-order valence-corrected chi connectivity index (χ3v) is 11.0. The lowest BCUT2D eigenvalue weighted by atomic mass is 9.57. The van der Waals surface area contributed by atoms with E-state index >= 15 is 0 Å². The lowest BCUT2D eigenvalue weighted by molar-refractivity contribution is -0.125. The number of aryl methyl sites for hydroxylation is 1. The smallest absolute Gasteiger partial charge is 0.258 e. The van der Waals surface area contributed by atoms with Crippen molar-refractivity contribution in [2.45, 2.75) is 48.5 Å². The molecule has 4 aliphatic rings. The summed E-state index contributed by atoms with van der Waals surface area (Å²) in [5, 5.41) is 9.73. The van der Waals surface area contributed by atoms with Crippen LogP contribution in [0.3, 0.4) is 0 Å². The number of alkyl halides is 2. The number of carbonyl (C=O) groups is 4. The van der Waals surface area contributed by atoms with Crippen molar-refractivity contribution in [3.63, 3.8) is 0 Å². The number of aliphatic hydroxyl groups is 1. The van der Waals surface area contributed by atoms with E-state index in [9.17, 15) is 28.7 Å². The molecule has 0 spiro atoms. The van der Waals surface area contributed by atoms with E-state index in [1.165, 1.54) is 23.1 Å². The molecule has 3 fully saturated rings. The molecule has 2 saturated heterocycles. The van der Waals surface area contributed by atoms with Crippen LogP contribution in [0.1, 0.15) is 42.8 Å².